The third-order valence-electron chi connectivity index (χ3n) is 0. The second-order valence-corrected chi connectivity index (χ2v) is 2.71. The molecule has 0 rings (SSSR count). The second kappa shape index (κ2) is 5.50. The smallest absolute Gasteiger partial charge is 0.211 e. The van der Waals surface area contributed by atoms with Gasteiger partial charge in [-0.15, -0.1) is 0 Å². The Kier molecular flexibility index (Phi) is 10.7. The summed E-state index contributed by atoms with van der Waals surface area (Å²) in [4.78, 5) is 0. The fourth-order valence-electron chi connectivity index (χ4n) is 0. The summed E-state index contributed by atoms with van der Waals surface area (Å²) in [6.07, 6.45) is 0. The molecule has 0 unspecified atom stereocenters. The van der Waals surface area contributed by atoms with E-state index in [4.69, 9.17) is 4.21 Å². The Labute approximate surface area is 57.6 Å². The largest absolute Gasteiger partial charge is 0.225 e. The fourth-order valence-corrected chi connectivity index (χ4v) is 0. The molecule has 0 aliphatic rings. The van der Waals surface area contributed by atoms with Crippen molar-refractivity contribution < 1.29 is 4.21 Å². The molecule has 0 spiro atoms. The summed E-state index contributed by atoms with van der Waals surface area (Å²) in [7, 11) is 7.36. The molecule has 0 aliphatic carbocycles. The lowest BCUT2D eigenvalue weighted by Crippen LogP contribution is -1.41. The van der Waals surface area contributed by atoms with Crippen LogP contribution in [0.3, 0.4) is 0 Å². The van der Waals surface area contributed by atoms with Crippen molar-refractivity contribution in [2.24, 2.45) is 0 Å². The fraction of sp³-hybridized carbons (Fsp3) is 0. The molecular formula is Cl2MgOS. The topological polar surface area (TPSA) is 17.1 Å². The molecule has 0 aromatic heterocycles. The summed E-state index contributed by atoms with van der Waals surface area (Å²) >= 11 is 0. The van der Waals surface area contributed by atoms with E-state index in [-0.39, 0.29) is 23.1 Å². The van der Waals surface area contributed by atoms with Gasteiger partial charge in [-0.05, 0) is 0 Å². The predicted octanol–water partition coefficient (Wildman–Crippen LogP) is 0.662. The average Bonchev–Trinajstić information content (AvgIpc) is 0.811. The Morgan fingerprint density at radius 3 is 1.40 bits per heavy atom. The zero-order valence-electron chi connectivity index (χ0n) is 2.28. The predicted molar refractivity (Wildman–Crippen MR) is 25.6 cm³/mol. The number of hydrogen-bond donors (Lipinski definition) is 0. The lowest BCUT2D eigenvalue weighted by molar-refractivity contribution is 0.698. The Balaban J connectivity index is 0. The Morgan fingerprint density at radius 1 is 1.40 bits per heavy atom. The lowest BCUT2D eigenvalue weighted by Gasteiger charge is -1.50. The van der Waals surface area contributed by atoms with Crippen molar-refractivity contribution in [3.05, 3.63) is 0 Å². The van der Waals surface area contributed by atoms with E-state index in [1.165, 1.54) is 0 Å². The molecule has 5 heavy (non-hydrogen) atoms. The summed E-state index contributed by atoms with van der Waals surface area (Å²) < 4.78 is 9.09. The highest BCUT2D eigenvalue weighted by molar-refractivity contribution is 8.26. The van der Waals surface area contributed by atoms with Gasteiger partial charge < -0.3 is 0 Å². The van der Waals surface area contributed by atoms with Crippen molar-refractivity contribution >= 4 is 53.6 Å². The van der Waals surface area contributed by atoms with E-state index < -0.39 is 9.23 Å². The molecule has 2 radical (unpaired) electrons. The van der Waals surface area contributed by atoms with Gasteiger partial charge in [0.05, 0.1) is 0 Å². The molecule has 0 saturated heterocycles. The zero-order valence-corrected chi connectivity index (χ0v) is 6.02. The maximum atomic E-state index is 9.09. The highest BCUT2D eigenvalue weighted by atomic mass is 36.0. The first-order valence-corrected chi connectivity index (χ1v) is 3.28. The molecule has 1 nitrogen and oxygen atoms in total. The van der Waals surface area contributed by atoms with Gasteiger partial charge in [-0.3, -0.25) is 0 Å². The molecule has 0 fully saturated rings. The molecule has 0 aromatic carbocycles. The number of hydrogen-bond acceptors (Lipinski definition) is 1. The van der Waals surface area contributed by atoms with Gasteiger partial charge in [0.2, 0.25) is 9.23 Å². The number of rotatable bonds is 0. The molecule has 0 aliphatic heterocycles. The molecule has 0 atom stereocenters. The molecule has 0 heterocycles. The van der Waals surface area contributed by atoms with Gasteiger partial charge in [0, 0.05) is 44.4 Å². The van der Waals surface area contributed by atoms with Crippen LogP contribution in [-0.4, -0.2) is 27.3 Å². The van der Waals surface area contributed by atoms with E-state index in [1.54, 1.807) is 0 Å². The first-order chi connectivity index (χ1) is 1.73. The molecule has 0 saturated carbocycles. The van der Waals surface area contributed by atoms with Crippen molar-refractivity contribution in [2.75, 3.05) is 0 Å². The SMILES string of the molecule is O=S(Cl)Cl.[Mg]. The van der Waals surface area contributed by atoms with Crippen LogP contribution in [-0.2, 0) is 9.23 Å². The molecule has 28 valence electrons. The number of halogens is 2. The second-order valence-electron chi connectivity index (χ2n) is 0.184. The van der Waals surface area contributed by atoms with Gasteiger partial charge in [-0.25, -0.2) is 4.21 Å². The molecule has 0 amide bonds. The highest BCUT2D eigenvalue weighted by Crippen LogP contribution is 1.89. The Morgan fingerprint density at radius 2 is 1.40 bits per heavy atom. The van der Waals surface area contributed by atoms with Gasteiger partial charge >= 0.3 is 0 Å². The van der Waals surface area contributed by atoms with Gasteiger partial charge in [0.25, 0.3) is 0 Å². The van der Waals surface area contributed by atoms with Crippen molar-refractivity contribution in [2.45, 2.75) is 0 Å². The first kappa shape index (κ1) is 9.71. The van der Waals surface area contributed by atoms with Crippen molar-refractivity contribution in [1.82, 2.24) is 0 Å². The van der Waals surface area contributed by atoms with Crippen LogP contribution in [0.25, 0.3) is 0 Å². The van der Waals surface area contributed by atoms with Crippen LogP contribution in [0.4, 0.5) is 0 Å². The quantitative estimate of drug-likeness (QED) is 0.360. The third kappa shape index (κ3) is 30.0. The monoisotopic (exact) mass is 142 g/mol. The van der Waals surface area contributed by atoms with Crippen LogP contribution in [0.1, 0.15) is 0 Å². The summed E-state index contributed by atoms with van der Waals surface area (Å²) in [5, 5.41) is 0. The van der Waals surface area contributed by atoms with E-state index in [1.807, 2.05) is 0 Å². The maximum Gasteiger partial charge on any atom is 0.211 e. The zero-order chi connectivity index (χ0) is 3.58. The summed E-state index contributed by atoms with van der Waals surface area (Å²) in [6.45, 7) is 0. The standard InChI is InChI=1S/Cl2OS.Mg/c1-4(2)3;. The third-order valence-corrected chi connectivity index (χ3v) is 0. The van der Waals surface area contributed by atoms with Crippen LogP contribution in [0.15, 0.2) is 0 Å². The van der Waals surface area contributed by atoms with Crippen LogP contribution >= 0.6 is 21.4 Å². The lowest BCUT2D eigenvalue weighted by atomic mass is 16.0. The van der Waals surface area contributed by atoms with Crippen molar-refractivity contribution in [3.8, 4) is 0 Å². The Bertz CT molecular complexity index is 32.6. The van der Waals surface area contributed by atoms with E-state index in [9.17, 15) is 0 Å². The molecular weight excluding hydrogens is 143 g/mol. The molecule has 5 heteroatoms. The van der Waals surface area contributed by atoms with Gasteiger partial charge in [0.1, 0.15) is 0 Å². The molecule has 0 bridgehead atoms. The van der Waals surface area contributed by atoms with Gasteiger partial charge in [-0.1, -0.05) is 0 Å². The van der Waals surface area contributed by atoms with E-state index in [0.29, 0.717) is 0 Å². The van der Waals surface area contributed by atoms with Crippen molar-refractivity contribution in [1.29, 1.82) is 0 Å². The average molecular weight is 143 g/mol. The van der Waals surface area contributed by atoms with Crippen molar-refractivity contribution in [3.63, 3.8) is 0 Å². The first-order valence-electron chi connectivity index (χ1n) is 0.475. The summed E-state index contributed by atoms with van der Waals surface area (Å²) in [5.74, 6) is 0. The van der Waals surface area contributed by atoms with E-state index in [2.05, 4.69) is 21.4 Å². The Hall–Kier alpha value is 1.50. The maximum absolute atomic E-state index is 9.09. The van der Waals surface area contributed by atoms with Crippen LogP contribution < -0.4 is 0 Å². The summed E-state index contributed by atoms with van der Waals surface area (Å²) in [5.41, 5.74) is 0. The minimum absolute atomic E-state index is 0. The highest BCUT2D eigenvalue weighted by Gasteiger charge is 1.67. The van der Waals surface area contributed by atoms with E-state index in [0.717, 1.165) is 0 Å². The minimum Gasteiger partial charge on any atom is -0.225 e. The van der Waals surface area contributed by atoms with Crippen LogP contribution in [0.2, 0.25) is 0 Å². The normalized spacial score (nSPS) is 7.00. The van der Waals surface area contributed by atoms with Crippen LogP contribution in [0, 0.1) is 0 Å². The van der Waals surface area contributed by atoms with Crippen LogP contribution in [0.5, 0.6) is 0 Å². The summed E-state index contributed by atoms with van der Waals surface area (Å²) in [6, 6.07) is 0. The minimum atomic E-state index is -1.67. The molecule has 0 aromatic rings. The van der Waals surface area contributed by atoms with Gasteiger partial charge in [0.15, 0.2) is 0 Å². The molecule has 0 N–H and O–H groups in total. The van der Waals surface area contributed by atoms with E-state index >= 15 is 0 Å². The van der Waals surface area contributed by atoms with Gasteiger partial charge in [-0.2, -0.15) is 0 Å².